The molecule has 1 aliphatic heterocycles. The minimum atomic E-state index is -0.694. The number of rotatable bonds is 5. The number of hydrogen-bond donors (Lipinski definition) is 1. The summed E-state index contributed by atoms with van der Waals surface area (Å²) in [6.45, 7) is 2.14. The third kappa shape index (κ3) is 5.01. The van der Waals surface area contributed by atoms with Crippen LogP contribution in [0.25, 0.3) is 0 Å². The Hall–Kier alpha value is -2.05. The summed E-state index contributed by atoms with van der Waals surface area (Å²) in [5.41, 5.74) is 0. The lowest BCUT2D eigenvalue weighted by molar-refractivity contribution is -0.141. The second-order valence-corrected chi connectivity index (χ2v) is 3.12. The highest BCUT2D eigenvalue weighted by Crippen LogP contribution is 2.00. The van der Waals surface area contributed by atoms with Crippen molar-refractivity contribution in [3.63, 3.8) is 0 Å². The number of esters is 2. The average Bonchev–Trinajstić information content (AvgIpc) is 2.70. The Morgan fingerprint density at radius 3 is 2.59 bits per heavy atom. The zero-order valence-corrected chi connectivity index (χ0v) is 9.30. The van der Waals surface area contributed by atoms with Crippen LogP contribution >= 0.6 is 0 Å². The molecule has 1 saturated heterocycles. The summed E-state index contributed by atoms with van der Waals surface area (Å²) in [6, 6.07) is 0. The van der Waals surface area contributed by atoms with Crippen LogP contribution in [0.4, 0.5) is 4.79 Å². The first kappa shape index (κ1) is 13.0. The van der Waals surface area contributed by atoms with Gasteiger partial charge in [0.1, 0.15) is 6.61 Å². The van der Waals surface area contributed by atoms with E-state index in [0.717, 1.165) is 12.2 Å². The standard InChI is InChI=1S/C10H13NO6/c1-2-15-8(12)3-4-9(13)16-6-7-5-11-10(14)17-7/h3-4,7H,2,5-6H2,1H3,(H,11,14)/b4-3+. The normalized spacial score (nSPS) is 18.6. The molecule has 0 spiro atoms. The molecule has 1 atom stereocenters. The highest BCUT2D eigenvalue weighted by molar-refractivity contribution is 5.91. The molecule has 94 valence electrons. The van der Waals surface area contributed by atoms with Gasteiger partial charge in [-0.3, -0.25) is 0 Å². The fraction of sp³-hybridized carbons (Fsp3) is 0.500. The number of nitrogens with one attached hydrogen (secondary N) is 1. The molecular formula is C10H13NO6. The van der Waals surface area contributed by atoms with Crippen molar-refractivity contribution in [2.75, 3.05) is 19.8 Å². The van der Waals surface area contributed by atoms with Crippen LogP contribution in [0.3, 0.4) is 0 Å². The molecule has 0 aromatic heterocycles. The van der Waals surface area contributed by atoms with E-state index in [1.165, 1.54) is 0 Å². The van der Waals surface area contributed by atoms with Crippen molar-refractivity contribution in [2.45, 2.75) is 13.0 Å². The largest absolute Gasteiger partial charge is 0.463 e. The monoisotopic (exact) mass is 243 g/mol. The van der Waals surface area contributed by atoms with E-state index >= 15 is 0 Å². The number of carbonyl (C=O) groups is 3. The van der Waals surface area contributed by atoms with Gasteiger partial charge in [0, 0.05) is 12.2 Å². The second-order valence-electron chi connectivity index (χ2n) is 3.12. The third-order valence-electron chi connectivity index (χ3n) is 1.80. The van der Waals surface area contributed by atoms with Gasteiger partial charge in [0.2, 0.25) is 0 Å². The SMILES string of the molecule is CCOC(=O)/C=C/C(=O)OCC1CNC(=O)O1. The molecule has 1 unspecified atom stereocenters. The summed E-state index contributed by atoms with van der Waals surface area (Å²) in [4.78, 5) is 32.6. The molecule has 0 aromatic rings. The quantitative estimate of drug-likeness (QED) is 0.407. The summed E-state index contributed by atoms with van der Waals surface area (Å²) in [7, 11) is 0. The van der Waals surface area contributed by atoms with Crippen LogP contribution < -0.4 is 5.32 Å². The smallest absolute Gasteiger partial charge is 0.407 e. The predicted molar refractivity (Wildman–Crippen MR) is 55.0 cm³/mol. The molecule has 1 heterocycles. The predicted octanol–water partition coefficient (Wildman–Crippen LogP) is -0.243. The van der Waals surface area contributed by atoms with E-state index in [1.54, 1.807) is 6.92 Å². The van der Waals surface area contributed by atoms with E-state index in [9.17, 15) is 14.4 Å². The van der Waals surface area contributed by atoms with Gasteiger partial charge < -0.3 is 19.5 Å². The molecule has 0 saturated carbocycles. The Balaban J connectivity index is 2.21. The maximum atomic E-state index is 11.1. The van der Waals surface area contributed by atoms with Crippen LogP contribution in [-0.2, 0) is 23.8 Å². The molecule has 7 nitrogen and oxygen atoms in total. The molecule has 1 fully saturated rings. The van der Waals surface area contributed by atoms with Crippen LogP contribution in [-0.4, -0.2) is 43.9 Å². The summed E-state index contributed by atoms with van der Waals surface area (Å²) in [5.74, 6) is -1.31. The van der Waals surface area contributed by atoms with E-state index in [4.69, 9.17) is 9.47 Å². The van der Waals surface area contributed by atoms with Gasteiger partial charge in [0.15, 0.2) is 6.10 Å². The molecule has 0 aliphatic carbocycles. The van der Waals surface area contributed by atoms with Crippen molar-refractivity contribution in [3.05, 3.63) is 12.2 Å². The fourth-order valence-corrected chi connectivity index (χ4v) is 1.07. The van der Waals surface area contributed by atoms with Crippen molar-refractivity contribution in [1.29, 1.82) is 0 Å². The number of ether oxygens (including phenoxy) is 3. The Kier molecular flexibility index (Phi) is 4.99. The van der Waals surface area contributed by atoms with Gasteiger partial charge >= 0.3 is 18.0 Å². The Bertz CT molecular complexity index is 338. The molecule has 0 radical (unpaired) electrons. The van der Waals surface area contributed by atoms with Crippen molar-refractivity contribution in [1.82, 2.24) is 5.32 Å². The van der Waals surface area contributed by atoms with E-state index in [1.807, 2.05) is 0 Å². The molecule has 1 rings (SSSR count). The van der Waals surface area contributed by atoms with Gasteiger partial charge in [-0.25, -0.2) is 14.4 Å². The van der Waals surface area contributed by atoms with Crippen LogP contribution in [0.2, 0.25) is 0 Å². The summed E-state index contributed by atoms with van der Waals surface area (Å²) < 4.78 is 14.1. The van der Waals surface area contributed by atoms with Crippen LogP contribution in [0.15, 0.2) is 12.2 Å². The second kappa shape index (κ2) is 6.51. The topological polar surface area (TPSA) is 90.9 Å². The lowest BCUT2D eigenvalue weighted by Crippen LogP contribution is -2.21. The zero-order valence-electron chi connectivity index (χ0n) is 9.30. The summed E-state index contributed by atoms with van der Waals surface area (Å²) in [6.07, 6.45) is 0.919. The number of alkyl carbamates (subject to hydrolysis) is 1. The number of carbonyl (C=O) groups excluding carboxylic acids is 3. The van der Waals surface area contributed by atoms with Gasteiger partial charge in [0.05, 0.1) is 13.2 Å². The zero-order chi connectivity index (χ0) is 12.7. The summed E-state index contributed by atoms with van der Waals surface area (Å²) >= 11 is 0. The minimum Gasteiger partial charge on any atom is -0.463 e. The van der Waals surface area contributed by atoms with Gasteiger partial charge in [-0.05, 0) is 6.92 Å². The van der Waals surface area contributed by atoms with Gasteiger partial charge in [-0.15, -0.1) is 0 Å². The third-order valence-corrected chi connectivity index (χ3v) is 1.80. The maximum absolute atomic E-state index is 11.1. The number of amides is 1. The highest BCUT2D eigenvalue weighted by Gasteiger charge is 2.23. The van der Waals surface area contributed by atoms with Crippen molar-refractivity contribution >= 4 is 18.0 Å². The van der Waals surface area contributed by atoms with Crippen LogP contribution in [0.5, 0.6) is 0 Å². The van der Waals surface area contributed by atoms with Gasteiger partial charge in [-0.2, -0.15) is 0 Å². The van der Waals surface area contributed by atoms with Crippen LogP contribution in [0.1, 0.15) is 6.92 Å². The van der Waals surface area contributed by atoms with E-state index in [2.05, 4.69) is 10.1 Å². The average molecular weight is 243 g/mol. The van der Waals surface area contributed by atoms with Crippen molar-refractivity contribution in [2.24, 2.45) is 0 Å². The maximum Gasteiger partial charge on any atom is 0.407 e. The van der Waals surface area contributed by atoms with E-state index < -0.39 is 24.1 Å². The lowest BCUT2D eigenvalue weighted by Gasteiger charge is -2.06. The molecule has 1 amide bonds. The first-order chi connectivity index (χ1) is 8.11. The fourth-order valence-electron chi connectivity index (χ4n) is 1.07. The molecule has 1 N–H and O–H groups in total. The molecule has 1 aliphatic rings. The molecular weight excluding hydrogens is 230 g/mol. The Labute approximate surface area is 97.7 Å². The van der Waals surface area contributed by atoms with Crippen molar-refractivity contribution < 1.29 is 28.6 Å². The highest BCUT2D eigenvalue weighted by atomic mass is 16.6. The van der Waals surface area contributed by atoms with E-state index in [0.29, 0.717) is 6.54 Å². The molecule has 0 bridgehead atoms. The summed E-state index contributed by atoms with van der Waals surface area (Å²) in [5, 5.41) is 2.42. The lowest BCUT2D eigenvalue weighted by atomic mass is 10.4. The first-order valence-corrected chi connectivity index (χ1v) is 5.08. The number of hydrogen-bond acceptors (Lipinski definition) is 6. The Morgan fingerprint density at radius 1 is 1.41 bits per heavy atom. The van der Waals surface area contributed by atoms with Crippen LogP contribution in [0, 0.1) is 0 Å². The molecule has 7 heteroatoms. The van der Waals surface area contributed by atoms with Gasteiger partial charge in [-0.1, -0.05) is 0 Å². The minimum absolute atomic E-state index is 0.0509. The first-order valence-electron chi connectivity index (χ1n) is 5.08. The van der Waals surface area contributed by atoms with Crippen molar-refractivity contribution in [3.8, 4) is 0 Å². The Morgan fingerprint density at radius 2 is 2.06 bits per heavy atom. The number of cyclic esters (lactones) is 1. The van der Waals surface area contributed by atoms with Gasteiger partial charge in [0.25, 0.3) is 0 Å². The molecule has 0 aromatic carbocycles. The molecule has 17 heavy (non-hydrogen) atoms. The van der Waals surface area contributed by atoms with E-state index in [-0.39, 0.29) is 13.2 Å².